The Labute approximate surface area is 104 Å². The fraction of sp³-hybridized carbons (Fsp3) is 0.533. The number of rotatable bonds is 3. The first-order valence-electron chi connectivity index (χ1n) is 6.61. The first-order valence-corrected chi connectivity index (χ1v) is 6.61. The van der Waals surface area contributed by atoms with Gasteiger partial charge in [0.05, 0.1) is 5.84 Å². The van der Waals surface area contributed by atoms with Gasteiger partial charge < -0.3 is 4.90 Å². The summed E-state index contributed by atoms with van der Waals surface area (Å²) in [5, 5.41) is 8.26. The van der Waals surface area contributed by atoms with Crippen LogP contribution in [0.15, 0.2) is 30.3 Å². The maximum absolute atomic E-state index is 8.26. The minimum Gasteiger partial charge on any atom is -0.359 e. The molecule has 1 aromatic rings. The lowest BCUT2D eigenvalue weighted by atomic mass is 9.88. The van der Waals surface area contributed by atoms with Crippen LogP contribution in [-0.4, -0.2) is 17.8 Å². The van der Waals surface area contributed by atoms with Crippen LogP contribution in [0.25, 0.3) is 0 Å². The Kier molecular flexibility index (Phi) is 4.18. The van der Waals surface area contributed by atoms with Crippen molar-refractivity contribution < 1.29 is 0 Å². The van der Waals surface area contributed by atoms with E-state index in [0.717, 1.165) is 12.4 Å². The van der Waals surface area contributed by atoms with Gasteiger partial charge in [0.2, 0.25) is 0 Å². The molecule has 0 saturated heterocycles. The zero-order valence-corrected chi connectivity index (χ0v) is 10.7. The summed E-state index contributed by atoms with van der Waals surface area (Å²) in [5.74, 6) is 1.33. The van der Waals surface area contributed by atoms with E-state index in [-0.39, 0.29) is 0 Å². The smallest absolute Gasteiger partial charge is 0.0989 e. The molecule has 2 rings (SSSR count). The standard InChI is InChI=1S/C15H22N2/c1-17(12-13-8-4-2-5-9-13)15(16)14-10-6-3-7-11-14/h2,4-5,8-9,14,16H,3,6-7,10-12H2,1H3. The highest BCUT2D eigenvalue weighted by atomic mass is 15.1. The SMILES string of the molecule is CN(Cc1ccccc1)C(=N)C1CCCCC1. The van der Waals surface area contributed by atoms with Crippen LogP contribution in [0.2, 0.25) is 0 Å². The molecular weight excluding hydrogens is 208 g/mol. The van der Waals surface area contributed by atoms with Crippen molar-refractivity contribution in [2.75, 3.05) is 7.05 Å². The molecule has 0 spiro atoms. The predicted molar refractivity (Wildman–Crippen MR) is 72.2 cm³/mol. The summed E-state index contributed by atoms with van der Waals surface area (Å²) in [6.07, 6.45) is 6.36. The number of nitrogens with one attached hydrogen (secondary N) is 1. The molecule has 0 radical (unpaired) electrons. The number of benzene rings is 1. The molecule has 1 aliphatic rings. The maximum Gasteiger partial charge on any atom is 0.0989 e. The van der Waals surface area contributed by atoms with Crippen LogP contribution >= 0.6 is 0 Å². The number of hydrogen-bond acceptors (Lipinski definition) is 1. The quantitative estimate of drug-likeness (QED) is 0.622. The van der Waals surface area contributed by atoms with Crippen molar-refractivity contribution in [3.05, 3.63) is 35.9 Å². The summed E-state index contributed by atoms with van der Waals surface area (Å²) < 4.78 is 0. The molecule has 17 heavy (non-hydrogen) atoms. The lowest BCUT2D eigenvalue weighted by Gasteiger charge is -2.29. The zero-order valence-electron chi connectivity index (χ0n) is 10.7. The highest BCUT2D eigenvalue weighted by Gasteiger charge is 2.20. The van der Waals surface area contributed by atoms with Gasteiger partial charge in [0, 0.05) is 19.5 Å². The van der Waals surface area contributed by atoms with Gasteiger partial charge in [-0.15, -0.1) is 0 Å². The van der Waals surface area contributed by atoms with E-state index in [1.54, 1.807) is 0 Å². The fourth-order valence-electron chi connectivity index (χ4n) is 2.63. The van der Waals surface area contributed by atoms with Gasteiger partial charge in [0.15, 0.2) is 0 Å². The van der Waals surface area contributed by atoms with E-state index in [1.165, 1.54) is 37.7 Å². The topological polar surface area (TPSA) is 27.1 Å². The third kappa shape index (κ3) is 3.32. The Bertz CT molecular complexity index is 352. The minimum absolute atomic E-state index is 0.498. The molecule has 0 bridgehead atoms. The normalized spacial score (nSPS) is 16.8. The van der Waals surface area contributed by atoms with Gasteiger partial charge in [0.1, 0.15) is 0 Å². The third-order valence-corrected chi connectivity index (χ3v) is 3.67. The molecule has 2 heteroatoms. The third-order valence-electron chi connectivity index (χ3n) is 3.67. The van der Waals surface area contributed by atoms with E-state index in [1.807, 2.05) is 13.1 Å². The number of amidine groups is 1. The Morgan fingerprint density at radius 3 is 2.47 bits per heavy atom. The summed E-state index contributed by atoms with van der Waals surface area (Å²) in [6.45, 7) is 0.857. The van der Waals surface area contributed by atoms with E-state index in [0.29, 0.717) is 5.92 Å². The van der Waals surface area contributed by atoms with Crippen molar-refractivity contribution in [2.45, 2.75) is 38.6 Å². The molecule has 0 unspecified atom stereocenters. The molecule has 92 valence electrons. The van der Waals surface area contributed by atoms with E-state index in [9.17, 15) is 0 Å². The molecule has 1 fully saturated rings. The summed E-state index contributed by atoms with van der Waals surface area (Å²) in [7, 11) is 2.05. The second kappa shape index (κ2) is 5.85. The Morgan fingerprint density at radius 2 is 1.82 bits per heavy atom. The average molecular weight is 230 g/mol. The van der Waals surface area contributed by atoms with Crippen molar-refractivity contribution >= 4 is 5.84 Å². The van der Waals surface area contributed by atoms with Crippen molar-refractivity contribution in [1.29, 1.82) is 5.41 Å². The van der Waals surface area contributed by atoms with Crippen LogP contribution < -0.4 is 0 Å². The van der Waals surface area contributed by atoms with Crippen LogP contribution in [0, 0.1) is 11.3 Å². The van der Waals surface area contributed by atoms with Gasteiger partial charge in [-0.25, -0.2) is 0 Å². The Balaban J connectivity index is 1.90. The van der Waals surface area contributed by atoms with E-state index in [2.05, 4.69) is 29.2 Å². The van der Waals surface area contributed by atoms with Gasteiger partial charge in [-0.1, -0.05) is 49.6 Å². The lowest BCUT2D eigenvalue weighted by Crippen LogP contribution is -2.32. The molecule has 0 aliphatic heterocycles. The van der Waals surface area contributed by atoms with Crippen molar-refractivity contribution in [3.63, 3.8) is 0 Å². The monoisotopic (exact) mass is 230 g/mol. The summed E-state index contributed by atoms with van der Waals surface area (Å²) in [6, 6.07) is 10.4. The highest BCUT2D eigenvalue weighted by Crippen LogP contribution is 2.25. The van der Waals surface area contributed by atoms with Crippen LogP contribution in [0.5, 0.6) is 0 Å². The lowest BCUT2D eigenvalue weighted by molar-refractivity contribution is 0.382. The van der Waals surface area contributed by atoms with Crippen molar-refractivity contribution in [2.24, 2.45) is 5.92 Å². The molecule has 1 N–H and O–H groups in total. The van der Waals surface area contributed by atoms with Crippen LogP contribution in [0.1, 0.15) is 37.7 Å². The molecule has 2 nitrogen and oxygen atoms in total. The first kappa shape index (κ1) is 12.2. The average Bonchev–Trinajstić information content (AvgIpc) is 2.40. The zero-order chi connectivity index (χ0) is 12.1. The van der Waals surface area contributed by atoms with Crippen molar-refractivity contribution in [1.82, 2.24) is 4.90 Å². The van der Waals surface area contributed by atoms with Crippen LogP contribution in [-0.2, 0) is 6.54 Å². The van der Waals surface area contributed by atoms with E-state index >= 15 is 0 Å². The van der Waals surface area contributed by atoms with Crippen molar-refractivity contribution in [3.8, 4) is 0 Å². The first-order chi connectivity index (χ1) is 8.27. The molecule has 0 amide bonds. The van der Waals surface area contributed by atoms with E-state index < -0.39 is 0 Å². The van der Waals surface area contributed by atoms with Gasteiger partial charge in [-0.05, 0) is 18.4 Å². The summed E-state index contributed by atoms with van der Waals surface area (Å²) in [5.41, 5.74) is 1.29. The van der Waals surface area contributed by atoms with Gasteiger partial charge in [-0.3, -0.25) is 5.41 Å². The van der Waals surface area contributed by atoms with E-state index in [4.69, 9.17) is 5.41 Å². The molecule has 1 saturated carbocycles. The molecule has 0 heterocycles. The number of nitrogens with zero attached hydrogens (tertiary/aromatic N) is 1. The van der Waals surface area contributed by atoms with Crippen LogP contribution in [0.4, 0.5) is 0 Å². The maximum atomic E-state index is 8.26. The molecule has 1 aromatic carbocycles. The molecular formula is C15H22N2. The van der Waals surface area contributed by atoms with Gasteiger partial charge >= 0.3 is 0 Å². The molecule has 0 aromatic heterocycles. The Morgan fingerprint density at radius 1 is 1.18 bits per heavy atom. The minimum atomic E-state index is 0.498. The number of hydrogen-bond donors (Lipinski definition) is 1. The second-order valence-electron chi connectivity index (χ2n) is 5.06. The Hall–Kier alpha value is -1.31. The molecule has 0 atom stereocenters. The summed E-state index contributed by atoms with van der Waals surface area (Å²) in [4.78, 5) is 2.10. The summed E-state index contributed by atoms with van der Waals surface area (Å²) >= 11 is 0. The predicted octanol–water partition coefficient (Wildman–Crippen LogP) is 3.68. The fourth-order valence-corrected chi connectivity index (χ4v) is 2.63. The second-order valence-corrected chi connectivity index (χ2v) is 5.06. The largest absolute Gasteiger partial charge is 0.359 e. The van der Waals surface area contributed by atoms with Gasteiger partial charge in [0.25, 0.3) is 0 Å². The molecule has 1 aliphatic carbocycles. The highest BCUT2D eigenvalue weighted by molar-refractivity contribution is 5.81. The van der Waals surface area contributed by atoms with Gasteiger partial charge in [-0.2, -0.15) is 0 Å². The van der Waals surface area contributed by atoms with Crippen LogP contribution in [0.3, 0.4) is 0 Å².